The summed E-state index contributed by atoms with van der Waals surface area (Å²) in [6, 6.07) is 5.10. The largest absolute Gasteiger partial charge is 0.417 e. The lowest BCUT2D eigenvalue weighted by Crippen LogP contribution is -2.42. The van der Waals surface area contributed by atoms with Crippen LogP contribution >= 0.6 is 15.9 Å². The second kappa shape index (κ2) is 7.38. The summed E-state index contributed by atoms with van der Waals surface area (Å²) in [5.74, 6) is 0.0621. The first-order chi connectivity index (χ1) is 13.7. The molecule has 1 fully saturated rings. The van der Waals surface area contributed by atoms with E-state index >= 15 is 0 Å². The van der Waals surface area contributed by atoms with Gasteiger partial charge in [0.05, 0.1) is 24.4 Å². The van der Waals surface area contributed by atoms with Crippen molar-refractivity contribution >= 4 is 27.6 Å². The van der Waals surface area contributed by atoms with E-state index in [-0.39, 0.29) is 29.1 Å². The molecular formula is C18H15BrF3N5O2. The monoisotopic (exact) mass is 469 g/mol. The molecule has 1 aromatic carbocycles. The van der Waals surface area contributed by atoms with E-state index in [1.165, 1.54) is 18.5 Å². The summed E-state index contributed by atoms with van der Waals surface area (Å²) >= 11 is 2.91. The number of hydrogen-bond donors (Lipinski definition) is 0. The van der Waals surface area contributed by atoms with Crippen LogP contribution in [0.1, 0.15) is 33.4 Å². The summed E-state index contributed by atoms with van der Waals surface area (Å²) in [5.41, 5.74) is 0.785. The van der Waals surface area contributed by atoms with E-state index in [1.807, 2.05) is 13.0 Å². The third-order valence-electron chi connectivity index (χ3n) is 4.61. The minimum Gasteiger partial charge on any atom is -0.368 e. The number of rotatable bonds is 2. The van der Waals surface area contributed by atoms with E-state index in [1.54, 1.807) is 9.42 Å². The molecule has 1 saturated heterocycles. The Bertz CT molecular complexity index is 1090. The smallest absolute Gasteiger partial charge is 0.368 e. The summed E-state index contributed by atoms with van der Waals surface area (Å²) in [6.45, 7) is 2.67. The lowest BCUT2D eigenvalue weighted by atomic mass is 10.1. The predicted octanol–water partition coefficient (Wildman–Crippen LogP) is 3.43. The van der Waals surface area contributed by atoms with E-state index in [4.69, 9.17) is 4.74 Å². The molecule has 3 heterocycles. The quantitative estimate of drug-likeness (QED) is 0.574. The fourth-order valence-electron chi connectivity index (χ4n) is 3.26. The van der Waals surface area contributed by atoms with Crippen molar-refractivity contribution in [1.82, 2.24) is 24.5 Å². The van der Waals surface area contributed by atoms with Crippen LogP contribution in [0.2, 0.25) is 0 Å². The molecule has 3 aromatic rings. The standard InChI is InChI=1S/C18H15BrF3N5O2/c1-10-6-14(27-17(25-10)23-9-24-27)15-8-26(4-5-29-15)16(28)11-2-3-12(13(19)7-11)18(20,21)22/h2-3,6-7,9,15H,4-5,8H2,1H3. The van der Waals surface area contributed by atoms with Crippen LogP contribution < -0.4 is 0 Å². The molecule has 4 rings (SSSR count). The van der Waals surface area contributed by atoms with Gasteiger partial charge in [-0.3, -0.25) is 4.79 Å². The fourth-order valence-corrected chi connectivity index (χ4v) is 3.87. The van der Waals surface area contributed by atoms with Crippen LogP contribution in [0.15, 0.2) is 35.1 Å². The normalized spacial score (nSPS) is 17.7. The second-order valence-corrected chi connectivity index (χ2v) is 7.45. The highest BCUT2D eigenvalue weighted by molar-refractivity contribution is 9.10. The molecule has 0 saturated carbocycles. The van der Waals surface area contributed by atoms with Crippen LogP contribution in [0, 0.1) is 6.92 Å². The number of alkyl halides is 3. The third-order valence-corrected chi connectivity index (χ3v) is 5.27. The van der Waals surface area contributed by atoms with Crippen molar-refractivity contribution in [2.75, 3.05) is 19.7 Å². The highest BCUT2D eigenvalue weighted by Crippen LogP contribution is 2.35. The Kier molecular flexibility index (Phi) is 5.03. The van der Waals surface area contributed by atoms with Crippen molar-refractivity contribution in [3.8, 4) is 0 Å². The van der Waals surface area contributed by atoms with Crippen LogP contribution in [0.25, 0.3) is 5.78 Å². The molecule has 0 spiro atoms. The topological polar surface area (TPSA) is 72.6 Å². The van der Waals surface area contributed by atoms with Gasteiger partial charge in [-0.25, -0.2) is 4.98 Å². The maximum Gasteiger partial charge on any atom is 0.417 e. The van der Waals surface area contributed by atoms with Gasteiger partial charge in [0, 0.05) is 22.3 Å². The average Bonchev–Trinajstić information content (AvgIpc) is 3.14. The first-order valence-electron chi connectivity index (χ1n) is 8.69. The zero-order chi connectivity index (χ0) is 20.8. The Balaban J connectivity index is 1.59. The molecule has 0 N–H and O–H groups in total. The van der Waals surface area contributed by atoms with Gasteiger partial charge in [0.15, 0.2) is 0 Å². The zero-order valence-corrected chi connectivity index (χ0v) is 16.7. The van der Waals surface area contributed by atoms with Crippen LogP contribution in [-0.2, 0) is 10.9 Å². The zero-order valence-electron chi connectivity index (χ0n) is 15.1. The van der Waals surface area contributed by atoms with Gasteiger partial charge in [-0.1, -0.05) is 15.9 Å². The molecule has 0 bridgehead atoms. The molecule has 0 radical (unpaired) electrons. The summed E-state index contributed by atoms with van der Waals surface area (Å²) in [5, 5.41) is 4.15. The number of aryl methyl sites for hydroxylation is 1. The first kappa shape index (κ1) is 19.8. The maximum atomic E-state index is 12.9. The van der Waals surface area contributed by atoms with Crippen LogP contribution in [-0.4, -0.2) is 50.1 Å². The van der Waals surface area contributed by atoms with Gasteiger partial charge < -0.3 is 9.64 Å². The third kappa shape index (κ3) is 3.84. The Morgan fingerprint density at radius 3 is 2.83 bits per heavy atom. The number of fused-ring (bicyclic) bond motifs is 1. The lowest BCUT2D eigenvalue weighted by Gasteiger charge is -2.33. The Labute approximate surface area is 171 Å². The second-order valence-electron chi connectivity index (χ2n) is 6.60. The molecule has 152 valence electrons. The molecule has 1 aliphatic rings. The fraction of sp³-hybridized carbons (Fsp3) is 0.333. The number of morpholine rings is 1. The summed E-state index contributed by atoms with van der Waals surface area (Å²) in [4.78, 5) is 22.8. The maximum absolute atomic E-state index is 12.9. The van der Waals surface area contributed by atoms with Crippen molar-refractivity contribution in [3.05, 3.63) is 57.6 Å². The van der Waals surface area contributed by atoms with Crippen molar-refractivity contribution in [1.29, 1.82) is 0 Å². The molecule has 7 nitrogen and oxygen atoms in total. The highest BCUT2D eigenvalue weighted by Gasteiger charge is 2.34. The molecule has 29 heavy (non-hydrogen) atoms. The lowest BCUT2D eigenvalue weighted by molar-refractivity contribution is -0.138. The molecule has 1 atom stereocenters. The van der Waals surface area contributed by atoms with E-state index in [0.717, 1.165) is 11.8 Å². The first-order valence-corrected chi connectivity index (χ1v) is 9.48. The van der Waals surface area contributed by atoms with Gasteiger partial charge in [-0.05, 0) is 31.2 Å². The number of benzene rings is 1. The number of carbonyl (C=O) groups excluding carboxylic acids is 1. The molecule has 1 amide bonds. The predicted molar refractivity (Wildman–Crippen MR) is 99.3 cm³/mol. The van der Waals surface area contributed by atoms with Gasteiger partial charge in [0.25, 0.3) is 11.7 Å². The average molecular weight is 470 g/mol. The molecular weight excluding hydrogens is 455 g/mol. The van der Waals surface area contributed by atoms with Crippen LogP contribution in [0.3, 0.4) is 0 Å². The van der Waals surface area contributed by atoms with Gasteiger partial charge in [-0.15, -0.1) is 0 Å². The van der Waals surface area contributed by atoms with Crippen LogP contribution in [0.4, 0.5) is 13.2 Å². The number of hydrogen-bond acceptors (Lipinski definition) is 5. The number of ether oxygens (including phenoxy) is 1. The summed E-state index contributed by atoms with van der Waals surface area (Å²) in [7, 11) is 0. The highest BCUT2D eigenvalue weighted by atomic mass is 79.9. The Morgan fingerprint density at radius 1 is 1.31 bits per heavy atom. The van der Waals surface area contributed by atoms with Gasteiger partial charge in [0.1, 0.15) is 12.4 Å². The molecule has 11 heteroatoms. The van der Waals surface area contributed by atoms with Crippen molar-refractivity contribution in [2.45, 2.75) is 19.2 Å². The minimum absolute atomic E-state index is 0.169. The SMILES string of the molecule is Cc1cc(C2CN(C(=O)c3ccc(C(F)(F)F)c(Br)c3)CCO2)n2ncnc2n1. The molecule has 0 aliphatic carbocycles. The number of aromatic nitrogens is 4. The number of nitrogens with zero attached hydrogens (tertiary/aromatic N) is 5. The number of amides is 1. The van der Waals surface area contributed by atoms with Gasteiger partial charge in [0.2, 0.25) is 0 Å². The summed E-state index contributed by atoms with van der Waals surface area (Å²) in [6.07, 6.45) is -3.57. The van der Waals surface area contributed by atoms with E-state index in [2.05, 4.69) is 31.0 Å². The molecule has 1 aliphatic heterocycles. The van der Waals surface area contributed by atoms with Gasteiger partial charge in [-0.2, -0.15) is 27.8 Å². The van der Waals surface area contributed by atoms with Crippen molar-refractivity contribution in [3.63, 3.8) is 0 Å². The molecule has 2 aromatic heterocycles. The van der Waals surface area contributed by atoms with E-state index < -0.39 is 17.8 Å². The Hall–Kier alpha value is -2.53. The van der Waals surface area contributed by atoms with Crippen molar-refractivity contribution in [2.24, 2.45) is 0 Å². The number of halogens is 4. The number of carbonyl (C=O) groups is 1. The van der Waals surface area contributed by atoms with Crippen molar-refractivity contribution < 1.29 is 22.7 Å². The summed E-state index contributed by atoms with van der Waals surface area (Å²) < 4.78 is 46.1. The van der Waals surface area contributed by atoms with E-state index in [9.17, 15) is 18.0 Å². The Morgan fingerprint density at radius 2 is 2.10 bits per heavy atom. The van der Waals surface area contributed by atoms with Gasteiger partial charge >= 0.3 is 6.18 Å². The van der Waals surface area contributed by atoms with Crippen LogP contribution in [0.5, 0.6) is 0 Å². The van der Waals surface area contributed by atoms with E-state index in [0.29, 0.717) is 18.0 Å². The molecule has 1 unspecified atom stereocenters. The minimum atomic E-state index is -4.49.